The molecule has 4 N–H and O–H groups in total. The van der Waals surface area contributed by atoms with Gasteiger partial charge in [-0.3, -0.25) is 4.79 Å². The fourth-order valence-electron chi connectivity index (χ4n) is 1.43. The first kappa shape index (κ1) is 12.7. The van der Waals surface area contributed by atoms with E-state index in [1.807, 2.05) is 6.92 Å². The number of carbonyl (C=O) groups excluding carboxylic acids is 1. The van der Waals surface area contributed by atoms with Crippen LogP contribution in [0.25, 0.3) is 0 Å². The Balaban J connectivity index is 2.54. The number of amides is 1. The number of aromatic nitrogens is 2. The minimum absolute atomic E-state index is 0.000259. The largest absolute Gasteiger partial charge is 0.394 e. The highest BCUT2D eigenvalue weighted by atomic mass is 16.3. The van der Waals surface area contributed by atoms with Gasteiger partial charge in [0.25, 0.3) is 0 Å². The van der Waals surface area contributed by atoms with Crippen molar-refractivity contribution in [3.05, 3.63) is 18.2 Å². The fraction of sp³-hybridized carbons (Fsp3) is 0.600. The molecule has 1 aromatic heterocycles. The predicted molar refractivity (Wildman–Crippen MR) is 59.5 cm³/mol. The maximum atomic E-state index is 11.3. The molecular formula is C10H18N4O2. The second kappa shape index (κ2) is 6.24. The number of aryl methyl sites for hydroxylation is 1. The Morgan fingerprint density at radius 3 is 3.12 bits per heavy atom. The van der Waals surface area contributed by atoms with Crippen molar-refractivity contribution in [3.8, 4) is 0 Å². The highest BCUT2D eigenvalue weighted by Gasteiger charge is 2.10. The Bertz CT molecular complexity index is 337. The molecule has 1 unspecified atom stereocenters. The Hall–Kier alpha value is -1.40. The predicted octanol–water partition coefficient (Wildman–Crippen LogP) is -0.599. The minimum atomic E-state index is -0.447. The molecule has 1 atom stereocenters. The van der Waals surface area contributed by atoms with Crippen LogP contribution in [-0.4, -0.2) is 33.7 Å². The van der Waals surface area contributed by atoms with Crippen LogP contribution in [0.4, 0.5) is 0 Å². The van der Waals surface area contributed by atoms with Gasteiger partial charge in [-0.25, -0.2) is 4.98 Å². The molecule has 0 saturated heterocycles. The molecule has 0 bridgehead atoms. The lowest BCUT2D eigenvalue weighted by Crippen LogP contribution is -2.25. The van der Waals surface area contributed by atoms with Gasteiger partial charge in [-0.2, -0.15) is 0 Å². The third kappa shape index (κ3) is 3.32. The summed E-state index contributed by atoms with van der Waals surface area (Å²) in [6, 6.07) is -0.447. The van der Waals surface area contributed by atoms with Gasteiger partial charge in [0, 0.05) is 25.7 Å². The Morgan fingerprint density at radius 1 is 1.75 bits per heavy atom. The number of carbonyl (C=O) groups is 1. The first-order chi connectivity index (χ1) is 7.69. The van der Waals surface area contributed by atoms with Crippen LogP contribution >= 0.6 is 0 Å². The van der Waals surface area contributed by atoms with Gasteiger partial charge >= 0.3 is 0 Å². The van der Waals surface area contributed by atoms with Crippen LogP contribution in [0.3, 0.4) is 0 Å². The first-order valence-corrected chi connectivity index (χ1v) is 5.32. The van der Waals surface area contributed by atoms with Crippen molar-refractivity contribution >= 4 is 5.91 Å². The highest BCUT2D eigenvalue weighted by Crippen LogP contribution is 2.09. The van der Waals surface area contributed by atoms with Crippen molar-refractivity contribution in [1.29, 1.82) is 0 Å². The average Bonchev–Trinajstić information content (AvgIpc) is 2.74. The molecule has 1 heterocycles. The summed E-state index contributed by atoms with van der Waals surface area (Å²) >= 11 is 0. The number of hydrogen-bond donors (Lipinski definition) is 3. The van der Waals surface area contributed by atoms with E-state index in [0.717, 1.165) is 5.69 Å². The van der Waals surface area contributed by atoms with Crippen LogP contribution in [0, 0.1) is 0 Å². The Kier molecular flexibility index (Phi) is 4.94. The lowest BCUT2D eigenvalue weighted by atomic mass is 10.2. The van der Waals surface area contributed by atoms with Gasteiger partial charge in [-0.15, -0.1) is 0 Å². The molecule has 6 heteroatoms. The van der Waals surface area contributed by atoms with Gasteiger partial charge in [0.2, 0.25) is 5.91 Å². The van der Waals surface area contributed by atoms with Gasteiger partial charge in [0.15, 0.2) is 0 Å². The van der Waals surface area contributed by atoms with E-state index in [1.165, 1.54) is 0 Å². The van der Waals surface area contributed by atoms with E-state index >= 15 is 0 Å². The standard InChI is InChI=1S/C10H18N4O2/c1-2-13-10(16)3-4-14-7-12-5-9(14)8(11)6-15/h5,7-8,15H,2-4,6,11H2,1H3,(H,13,16). The van der Waals surface area contributed by atoms with E-state index < -0.39 is 6.04 Å². The molecule has 0 aliphatic heterocycles. The molecule has 0 aliphatic carbocycles. The molecule has 90 valence electrons. The summed E-state index contributed by atoms with van der Waals surface area (Å²) in [4.78, 5) is 15.2. The molecule has 0 aromatic carbocycles. The van der Waals surface area contributed by atoms with Crippen LogP contribution in [0.5, 0.6) is 0 Å². The number of nitrogens with one attached hydrogen (secondary N) is 1. The van der Waals surface area contributed by atoms with Gasteiger partial charge in [-0.1, -0.05) is 0 Å². The van der Waals surface area contributed by atoms with E-state index in [2.05, 4.69) is 10.3 Å². The highest BCUT2D eigenvalue weighted by molar-refractivity contribution is 5.75. The maximum Gasteiger partial charge on any atom is 0.221 e. The Labute approximate surface area is 94.5 Å². The second-order valence-electron chi connectivity index (χ2n) is 3.50. The number of imidazole rings is 1. The number of nitrogens with two attached hydrogens (primary N) is 1. The van der Waals surface area contributed by atoms with E-state index in [4.69, 9.17) is 10.8 Å². The molecule has 1 aromatic rings. The summed E-state index contributed by atoms with van der Waals surface area (Å²) in [6.07, 6.45) is 3.61. The van der Waals surface area contributed by atoms with E-state index in [1.54, 1.807) is 17.1 Å². The first-order valence-electron chi connectivity index (χ1n) is 5.32. The number of nitrogens with zero attached hydrogens (tertiary/aromatic N) is 2. The van der Waals surface area contributed by atoms with Crippen LogP contribution in [0.1, 0.15) is 25.1 Å². The van der Waals surface area contributed by atoms with Gasteiger partial charge in [-0.05, 0) is 6.92 Å². The zero-order chi connectivity index (χ0) is 12.0. The van der Waals surface area contributed by atoms with Crippen molar-refractivity contribution in [2.75, 3.05) is 13.2 Å². The van der Waals surface area contributed by atoms with E-state index in [9.17, 15) is 4.79 Å². The van der Waals surface area contributed by atoms with Crippen LogP contribution < -0.4 is 11.1 Å². The summed E-state index contributed by atoms with van der Waals surface area (Å²) in [7, 11) is 0. The Morgan fingerprint density at radius 2 is 2.50 bits per heavy atom. The van der Waals surface area contributed by atoms with Crippen LogP contribution in [-0.2, 0) is 11.3 Å². The molecule has 0 saturated carbocycles. The molecule has 1 rings (SSSR count). The molecule has 0 spiro atoms. The summed E-state index contributed by atoms with van der Waals surface area (Å²) in [5.41, 5.74) is 6.44. The second-order valence-corrected chi connectivity index (χ2v) is 3.50. The molecule has 1 amide bonds. The summed E-state index contributed by atoms with van der Waals surface area (Å²) in [5, 5.41) is 11.7. The zero-order valence-corrected chi connectivity index (χ0v) is 9.39. The third-order valence-electron chi connectivity index (χ3n) is 2.27. The summed E-state index contributed by atoms with van der Waals surface area (Å²) in [5.74, 6) is -0.000259. The smallest absolute Gasteiger partial charge is 0.221 e. The quantitative estimate of drug-likeness (QED) is 0.604. The number of hydrogen-bond acceptors (Lipinski definition) is 4. The summed E-state index contributed by atoms with van der Waals surface area (Å²) < 4.78 is 1.79. The topological polar surface area (TPSA) is 93.2 Å². The average molecular weight is 226 g/mol. The van der Waals surface area contributed by atoms with Crippen LogP contribution in [0.15, 0.2) is 12.5 Å². The van der Waals surface area contributed by atoms with Gasteiger partial charge in [0.1, 0.15) is 0 Å². The molecule has 0 radical (unpaired) electrons. The molecule has 0 fully saturated rings. The van der Waals surface area contributed by atoms with Crippen molar-refractivity contribution in [2.24, 2.45) is 5.73 Å². The molecule has 16 heavy (non-hydrogen) atoms. The number of aliphatic hydroxyl groups excluding tert-OH is 1. The van der Waals surface area contributed by atoms with Gasteiger partial charge < -0.3 is 20.7 Å². The maximum absolute atomic E-state index is 11.3. The fourth-order valence-corrected chi connectivity index (χ4v) is 1.43. The molecular weight excluding hydrogens is 208 g/mol. The normalized spacial score (nSPS) is 12.4. The molecule has 0 aliphatic rings. The van der Waals surface area contributed by atoms with Gasteiger partial charge in [0.05, 0.1) is 24.7 Å². The third-order valence-corrected chi connectivity index (χ3v) is 2.27. The van der Waals surface area contributed by atoms with E-state index in [-0.39, 0.29) is 12.5 Å². The summed E-state index contributed by atoms with van der Waals surface area (Å²) in [6.45, 7) is 2.90. The van der Waals surface area contributed by atoms with Crippen molar-refractivity contribution in [3.63, 3.8) is 0 Å². The number of aliphatic hydroxyl groups is 1. The zero-order valence-electron chi connectivity index (χ0n) is 9.39. The monoisotopic (exact) mass is 226 g/mol. The minimum Gasteiger partial charge on any atom is -0.394 e. The molecule has 6 nitrogen and oxygen atoms in total. The van der Waals surface area contributed by atoms with Crippen molar-refractivity contribution in [1.82, 2.24) is 14.9 Å². The van der Waals surface area contributed by atoms with E-state index in [0.29, 0.717) is 19.5 Å². The lowest BCUT2D eigenvalue weighted by Gasteiger charge is -2.12. The SMILES string of the molecule is CCNC(=O)CCn1cncc1C(N)CO. The van der Waals surface area contributed by atoms with Crippen molar-refractivity contribution < 1.29 is 9.90 Å². The van der Waals surface area contributed by atoms with Crippen LogP contribution in [0.2, 0.25) is 0 Å². The van der Waals surface area contributed by atoms with Crippen molar-refractivity contribution in [2.45, 2.75) is 25.9 Å². The number of rotatable bonds is 6. The lowest BCUT2D eigenvalue weighted by molar-refractivity contribution is -0.121.